The Morgan fingerprint density at radius 1 is 1.22 bits per heavy atom. The highest BCUT2D eigenvalue weighted by molar-refractivity contribution is 7.22. The zero-order chi connectivity index (χ0) is 12.4. The van der Waals surface area contributed by atoms with E-state index in [0.717, 1.165) is 26.5 Å². The van der Waals surface area contributed by atoms with Crippen LogP contribution in [-0.4, -0.2) is 20.2 Å². The lowest BCUT2D eigenvalue weighted by Crippen LogP contribution is -1.94. The lowest BCUT2D eigenvalue weighted by atomic mass is 10.4. The molecule has 1 N–H and O–H groups in total. The minimum absolute atomic E-state index is 0.733. The number of hydrogen-bond donors (Lipinski definition) is 1. The molecule has 18 heavy (non-hydrogen) atoms. The molecule has 0 spiro atoms. The Balaban J connectivity index is 1.82. The van der Waals surface area contributed by atoms with Crippen molar-refractivity contribution in [2.24, 2.45) is 0 Å². The van der Waals surface area contributed by atoms with Crippen molar-refractivity contribution in [3.63, 3.8) is 0 Å². The average Bonchev–Trinajstić information content (AvgIpc) is 2.98. The van der Waals surface area contributed by atoms with Crippen LogP contribution in [0.3, 0.4) is 0 Å². The summed E-state index contributed by atoms with van der Waals surface area (Å²) in [6.45, 7) is 1.92. The molecule has 3 heterocycles. The minimum Gasteiger partial charge on any atom is -0.315 e. The van der Waals surface area contributed by atoms with Gasteiger partial charge in [0.15, 0.2) is 5.01 Å². The Bertz CT molecular complexity index is 647. The van der Waals surface area contributed by atoms with E-state index in [1.54, 1.807) is 11.3 Å². The predicted molar refractivity (Wildman–Crippen MR) is 73.3 cm³/mol. The maximum absolute atomic E-state index is 4.15. The van der Waals surface area contributed by atoms with E-state index >= 15 is 0 Å². The molecule has 0 bridgehead atoms. The van der Waals surface area contributed by atoms with Crippen LogP contribution in [-0.2, 0) is 0 Å². The molecule has 0 saturated heterocycles. The lowest BCUT2D eigenvalue weighted by Gasteiger charge is -1.99. The number of aromatic nitrogens is 4. The monoisotopic (exact) mass is 275 g/mol. The molecular formula is C11H9N5S2. The van der Waals surface area contributed by atoms with E-state index in [4.69, 9.17) is 0 Å². The summed E-state index contributed by atoms with van der Waals surface area (Å²) in [6, 6.07) is 5.90. The molecule has 0 saturated carbocycles. The van der Waals surface area contributed by atoms with Crippen LogP contribution in [0, 0.1) is 6.92 Å². The number of aryl methyl sites for hydroxylation is 1. The van der Waals surface area contributed by atoms with Crippen molar-refractivity contribution in [3.8, 4) is 9.88 Å². The summed E-state index contributed by atoms with van der Waals surface area (Å²) >= 11 is 3.16. The normalized spacial score (nSPS) is 10.5. The summed E-state index contributed by atoms with van der Waals surface area (Å²) in [5, 5.41) is 15.0. The number of hydrogen-bond acceptors (Lipinski definition) is 7. The van der Waals surface area contributed by atoms with Crippen molar-refractivity contribution in [2.45, 2.75) is 6.92 Å². The van der Waals surface area contributed by atoms with E-state index in [1.165, 1.54) is 17.7 Å². The van der Waals surface area contributed by atoms with Gasteiger partial charge in [-0.05, 0) is 18.4 Å². The molecule has 3 aromatic rings. The Morgan fingerprint density at radius 2 is 2.17 bits per heavy atom. The highest BCUT2D eigenvalue weighted by atomic mass is 32.1. The van der Waals surface area contributed by atoms with Crippen LogP contribution in [0.2, 0.25) is 0 Å². The maximum atomic E-state index is 4.15. The maximum Gasteiger partial charge on any atom is 0.211 e. The van der Waals surface area contributed by atoms with Crippen molar-refractivity contribution in [3.05, 3.63) is 35.6 Å². The first-order valence-electron chi connectivity index (χ1n) is 5.24. The molecule has 0 aromatic carbocycles. The van der Waals surface area contributed by atoms with Crippen molar-refractivity contribution in [2.75, 3.05) is 5.32 Å². The molecule has 0 fully saturated rings. The predicted octanol–water partition coefficient (Wildman–Crippen LogP) is 3.11. The van der Waals surface area contributed by atoms with Gasteiger partial charge < -0.3 is 5.32 Å². The number of anilines is 2. The van der Waals surface area contributed by atoms with E-state index < -0.39 is 0 Å². The second-order valence-electron chi connectivity index (χ2n) is 3.56. The molecule has 0 aliphatic rings. The van der Waals surface area contributed by atoms with Crippen molar-refractivity contribution in [1.29, 1.82) is 0 Å². The van der Waals surface area contributed by atoms with Crippen LogP contribution in [0.4, 0.5) is 10.9 Å². The summed E-state index contributed by atoms with van der Waals surface area (Å²) < 4.78 is 0. The van der Waals surface area contributed by atoms with Crippen LogP contribution in [0.15, 0.2) is 29.9 Å². The fourth-order valence-electron chi connectivity index (χ4n) is 1.41. The Hall–Kier alpha value is -1.86. The van der Waals surface area contributed by atoms with Gasteiger partial charge in [0.25, 0.3) is 0 Å². The van der Waals surface area contributed by atoms with Gasteiger partial charge >= 0.3 is 0 Å². The highest BCUT2D eigenvalue weighted by Crippen LogP contribution is 2.30. The first-order valence-corrected chi connectivity index (χ1v) is 6.94. The quantitative estimate of drug-likeness (QED) is 0.795. The zero-order valence-electron chi connectivity index (χ0n) is 9.49. The van der Waals surface area contributed by atoms with E-state index in [0.29, 0.717) is 0 Å². The molecule has 3 aromatic heterocycles. The van der Waals surface area contributed by atoms with Gasteiger partial charge in [0.2, 0.25) is 5.13 Å². The van der Waals surface area contributed by atoms with E-state index in [1.807, 2.05) is 30.5 Å². The Labute approximate surface area is 112 Å². The van der Waals surface area contributed by atoms with Gasteiger partial charge in [-0.25, -0.2) is 9.97 Å². The van der Waals surface area contributed by atoms with Crippen LogP contribution in [0.25, 0.3) is 9.88 Å². The lowest BCUT2D eigenvalue weighted by molar-refractivity contribution is 1.08. The second-order valence-corrected chi connectivity index (χ2v) is 5.48. The molecule has 0 aliphatic carbocycles. The first-order chi connectivity index (χ1) is 8.81. The SMILES string of the molecule is Cc1cc(Nc2nnc(-c3cccs3)s2)ncn1. The van der Waals surface area contributed by atoms with Crippen molar-refractivity contribution >= 4 is 33.6 Å². The van der Waals surface area contributed by atoms with Gasteiger partial charge in [0.1, 0.15) is 12.1 Å². The van der Waals surface area contributed by atoms with E-state index in [-0.39, 0.29) is 0 Å². The molecule has 5 nitrogen and oxygen atoms in total. The minimum atomic E-state index is 0.733. The van der Waals surface area contributed by atoms with Gasteiger partial charge in [0, 0.05) is 11.8 Å². The van der Waals surface area contributed by atoms with E-state index in [2.05, 4.69) is 25.5 Å². The Kier molecular flexibility index (Phi) is 2.99. The van der Waals surface area contributed by atoms with Crippen molar-refractivity contribution < 1.29 is 0 Å². The number of nitrogens with one attached hydrogen (secondary N) is 1. The third-order valence-electron chi connectivity index (χ3n) is 2.20. The fourth-order valence-corrected chi connectivity index (χ4v) is 2.95. The first kappa shape index (κ1) is 11.2. The smallest absolute Gasteiger partial charge is 0.211 e. The summed E-state index contributed by atoms with van der Waals surface area (Å²) in [6.07, 6.45) is 1.53. The van der Waals surface area contributed by atoms with Gasteiger partial charge in [-0.15, -0.1) is 21.5 Å². The average molecular weight is 275 g/mol. The van der Waals surface area contributed by atoms with Gasteiger partial charge in [-0.1, -0.05) is 17.4 Å². The Morgan fingerprint density at radius 3 is 2.94 bits per heavy atom. The van der Waals surface area contributed by atoms with Gasteiger partial charge in [0.05, 0.1) is 4.88 Å². The largest absolute Gasteiger partial charge is 0.315 e. The number of rotatable bonds is 3. The molecule has 3 rings (SSSR count). The van der Waals surface area contributed by atoms with Crippen molar-refractivity contribution in [1.82, 2.24) is 20.2 Å². The topological polar surface area (TPSA) is 63.6 Å². The molecule has 0 aliphatic heterocycles. The number of thiophene rings is 1. The second kappa shape index (κ2) is 4.79. The summed E-state index contributed by atoms with van der Waals surface area (Å²) in [5.74, 6) is 0.733. The van der Waals surface area contributed by atoms with Gasteiger partial charge in [-0.3, -0.25) is 0 Å². The standard InChI is InChI=1S/C11H9N5S2/c1-7-5-9(13-6-12-7)14-11-16-15-10(18-11)8-3-2-4-17-8/h2-6H,1H3,(H,12,13,14,16). The molecule has 0 atom stereocenters. The van der Waals surface area contributed by atoms with Gasteiger partial charge in [-0.2, -0.15) is 0 Å². The fraction of sp³-hybridized carbons (Fsp3) is 0.0909. The molecule has 0 unspecified atom stereocenters. The van der Waals surface area contributed by atoms with Crippen LogP contribution < -0.4 is 5.32 Å². The molecule has 90 valence electrons. The van der Waals surface area contributed by atoms with Crippen LogP contribution >= 0.6 is 22.7 Å². The van der Waals surface area contributed by atoms with Crippen LogP contribution in [0.1, 0.15) is 5.69 Å². The molecule has 0 amide bonds. The molecular weight excluding hydrogens is 266 g/mol. The molecule has 7 heteroatoms. The third-order valence-corrected chi connectivity index (χ3v) is 4.07. The summed E-state index contributed by atoms with van der Waals surface area (Å²) in [4.78, 5) is 9.30. The molecule has 0 radical (unpaired) electrons. The van der Waals surface area contributed by atoms with Crippen LogP contribution in [0.5, 0.6) is 0 Å². The highest BCUT2D eigenvalue weighted by Gasteiger charge is 2.07. The third kappa shape index (κ3) is 2.36. The zero-order valence-corrected chi connectivity index (χ0v) is 11.1. The summed E-state index contributed by atoms with van der Waals surface area (Å²) in [5.41, 5.74) is 0.912. The van der Waals surface area contributed by atoms with E-state index in [9.17, 15) is 0 Å². The summed E-state index contributed by atoms with van der Waals surface area (Å²) in [7, 11) is 0. The number of nitrogens with zero attached hydrogens (tertiary/aromatic N) is 4.